The van der Waals surface area contributed by atoms with Gasteiger partial charge in [-0.2, -0.15) is 0 Å². The summed E-state index contributed by atoms with van der Waals surface area (Å²) >= 11 is 0. The summed E-state index contributed by atoms with van der Waals surface area (Å²) in [5, 5.41) is 0. The summed E-state index contributed by atoms with van der Waals surface area (Å²) in [6, 6.07) is 11.4. The molecule has 2 atom stereocenters. The van der Waals surface area contributed by atoms with E-state index in [1.165, 1.54) is 18.4 Å². The van der Waals surface area contributed by atoms with Crippen molar-refractivity contribution in [2.45, 2.75) is 38.3 Å². The van der Waals surface area contributed by atoms with Gasteiger partial charge < -0.3 is 4.74 Å². The second kappa shape index (κ2) is 5.46. The maximum atomic E-state index is 5.60. The van der Waals surface area contributed by atoms with Gasteiger partial charge in [-0.25, -0.2) is 0 Å². The topological polar surface area (TPSA) is 12.5 Å². The van der Waals surface area contributed by atoms with Crippen molar-refractivity contribution in [1.29, 1.82) is 0 Å². The van der Waals surface area contributed by atoms with Crippen molar-refractivity contribution < 1.29 is 4.74 Å². The molecular weight excluding hydrogens is 198 g/mol. The molecule has 1 aromatic rings. The number of hydrogen-bond acceptors (Lipinski definition) is 2. The Morgan fingerprint density at radius 2 is 2.06 bits per heavy atom. The molecule has 0 N–H and O–H groups in total. The fourth-order valence-corrected chi connectivity index (χ4v) is 2.30. The SMILES string of the molecule is C[C@@H]1C[C@@H](CCc2ccccc2)N(C)CO1. The molecule has 0 aliphatic carbocycles. The largest absolute Gasteiger partial charge is 0.363 e. The van der Waals surface area contributed by atoms with E-state index in [2.05, 4.69) is 49.2 Å². The molecule has 0 aromatic heterocycles. The van der Waals surface area contributed by atoms with E-state index >= 15 is 0 Å². The van der Waals surface area contributed by atoms with Crippen molar-refractivity contribution in [3.05, 3.63) is 35.9 Å². The van der Waals surface area contributed by atoms with Crippen LogP contribution in [0.3, 0.4) is 0 Å². The molecule has 0 spiro atoms. The second-order valence-electron chi connectivity index (χ2n) is 4.78. The van der Waals surface area contributed by atoms with Gasteiger partial charge in [-0.15, -0.1) is 0 Å². The van der Waals surface area contributed by atoms with Gasteiger partial charge in [-0.05, 0) is 38.8 Å². The molecule has 16 heavy (non-hydrogen) atoms. The molecule has 1 fully saturated rings. The first-order chi connectivity index (χ1) is 7.75. The van der Waals surface area contributed by atoms with Crippen LogP contribution in [0, 0.1) is 0 Å². The number of nitrogens with zero attached hydrogens (tertiary/aromatic N) is 1. The lowest BCUT2D eigenvalue weighted by molar-refractivity contribution is -0.0790. The average molecular weight is 219 g/mol. The lowest BCUT2D eigenvalue weighted by atomic mass is 9.99. The van der Waals surface area contributed by atoms with Gasteiger partial charge in [-0.3, -0.25) is 4.90 Å². The summed E-state index contributed by atoms with van der Waals surface area (Å²) < 4.78 is 5.60. The van der Waals surface area contributed by atoms with Gasteiger partial charge in [0.2, 0.25) is 0 Å². The molecule has 1 aliphatic rings. The van der Waals surface area contributed by atoms with E-state index in [1.807, 2.05) is 0 Å². The lowest BCUT2D eigenvalue weighted by Crippen LogP contribution is -2.42. The van der Waals surface area contributed by atoms with E-state index in [4.69, 9.17) is 4.74 Å². The van der Waals surface area contributed by atoms with Crippen LogP contribution in [0.15, 0.2) is 30.3 Å². The second-order valence-corrected chi connectivity index (χ2v) is 4.78. The van der Waals surface area contributed by atoms with E-state index < -0.39 is 0 Å². The predicted molar refractivity (Wildman–Crippen MR) is 66.3 cm³/mol. The van der Waals surface area contributed by atoms with E-state index in [-0.39, 0.29) is 0 Å². The maximum absolute atomic E-state index is 5.60. The van der Waals surface area contributed by atoms with Crippen molar-refractivity contribution in [3.63, 3.8) is 0 Å². The number of benzene rings is 1. The van der Waals surface area contributed by atoms with Crippen LogP contribution < -0.4 is 0 Å². The fourth-order valence-electron chi connectivity index (χ4n) is 2.30. The number of aryl methyl sites for hydroxylation is 1. The normalized spacial score (nSPS) is 26.9. The highest BCUT2D eigenvalue weighted by Gasteiger charge is 2.23. The molecule has 1 heterocycles. The Balaban J connectivity index is 1.85. The number of hydrogen-bond donors (Lipinski definition) is 0. The first-order valence-electron chi connectivity index (χ1n) is 6.11. The molecular formula is C14H21NO. The molecule has 2 nitrogen and oxygen atoms in total. The fraction of sp³-hybridized carbons (Fsp3) is 0.571. The van der Waals surface area contributed by atoms with Crippen LogP contribution in [-0.4, -0.2) is 30.8 Å². The Morgan fingerprint density at radius 3 is 2.81 bits per heavy atom. The molecule has 0 bridgehead atoms. The zero-order chi connectivity index (χ0) is 11.4. The highest BCUT2D eigenvalue weighted by atomic mass is 16.5. The summed E-state index contributed by atoms with van der Waals surface area (Å²) in [4.78, 5) is 2.32. The number of rotatable bonds is 3. The predicted octanol–water partition coefficient (Wildman–Crippen LogP) is 2.69. The van der Waals surface area contributed by atoms with E-state index in [0.717, 1.165) is 13.2 Å². The molecule has 1 saturated heterocycles. The Labute approximate surface area is 98.2 Å². The van der Waals surface area contributed by atoms with E-state index in [0.29, 0.717) is 12.1 Å². The van der Waals surface area contributed by atoms with Gasteiger partial charge in [-0.1, -0.05) is 30.3 Å². The Morgan fingerprint density at radius 1 is 1.31 bits per heavy atom. The van der Waals surface area contributed by atoms with Gasteiger partial charge in [0.15, 0.2) is 0 Å². The average Bonchev–Trinajstić information content (AvgIpc) is 2.32. The Kier molecular flexibility index (Phi) is 3.97. The van der Waals surface area contributed by atoms with Crippen LogP contribution in [-0.2, 0) is 11.2 Å². The minimum absolute atomic E-state index is 0.414. The summed E-state index contributed by atoms with van der Waals surface area (Å²) in [5.41, 5.74) is 1.44. The first kappa shape index (κ1) is 11.6. The Hall–Kier alpha value is -0.860. The highest BCUT2D eigenvalue weighted by Crippen LogP contribution is 2.19. The van der Waals surface area contributed by atoms with Gasteiger partial charge in [0.1, 0.15) is 0 Å². The zero-order valence-electron chi connectivity index (χ0n) is 10.2. The van der Waals surface area contributed by atoms with Crippen LogP contribution in [0.4, 0.5) is 0 Å². The van der Waals surface area contributed by atoms with Gasteiger partial charge in [0, 0.05) is 6.04 Å². The lowest BCUT2D eigenvalue weighted by Gasteiger charge is -2.36. The van der Waals surface area contributed by atoms with Crippen LogP contribution in [0.5, 0.6) is 0 Å². The third-order valence-electron chi connectivity index (χ3n) is 3.40. The van der Waals surface area contributed by atoms with Crippen LogP contribution in [0.2, 0.25) is 0 Å². The summed E-state index contributed by atoms with van der Waals surface area (Å²) in [7, 11) is 2.15. The molecule has 88 valence electrons. The quantitative estimate of drug-likeness (QED) is 0.775. The zero-order valence-corrected chi connectivity index (χ0v) is 10.2. The summed E-state index contributed by atoms with van der Waals surface area (Å²) in [6.45, 7) is 2.95. The van der Waals surface area contributed by atoms with Crippen molar-refractivity contribution >= 4 is 0 Å². The van der Waals surface area contributed by atoms with Gasteiger partial charge >= 0.3 is 0 Å². The molecule has 2 rings (SSSR count). The maximum Gasteiger partial charge on any atom is 0.0993 e. The van der Waals surface area contributed by atoms with Crippen molar-refractivity contribution in [2.24, 2.45) is 0 Å². The standard InChI is InChI=1S/C14H21NO/c1-12-10-14(15(2)11-16-12)9-8-13-6-4-3-5-7-13/h3-7,12,14H,8-11H2,1-2H3/t12-,14-/m1/s1. The van der Waals surface area contributed by atoms with E-state index in [1.54, 1.807) is 0 Å². The van der Waals surface area contributed by atoms with Crippen LogP contribution >= 0.6 is 0 Å². The van der Waals surface area contributed by atoms with Crippen LogP contribution in [0.1, 0.15) is 25.3 Å². The molecule has 0 unspecified atom stereocenters. The summed E-state index contributed by atoms with van der Waals surface area (Å²) in [6.07, 6.45) is 3.97. The molecule has 0 amide bonds. The number of ether oxygens (including phenoxy) is 1. The van der Waals surface area contributed by atoms with Crippen LogP contribution in [0.25, 0.3) is 0 Å². The third kappa shape index (κ3) is 3.06. The Bertz CT molecular complexity index is 312. The molecule has 2 heteroatoms. The van der Waals surface area contributed by atoms with Gasteiger partial charge in [0.25, 0.3) is 0 Å². The molecule has 1 aliphatic heterocycles. The monoisotopic (exact) mass is 219 g/mol. The highest BCUT2D eigenvalue weighted by molar-refractivity contribution is 5.14. The summed E-state index contributed by atoms with van der Waals surface area (Å²) in [5.74, 6) is 0. The van der Waals surface area contributed by atoms with Crippen molar-refractivity contribution in [1.82, 2.24) is 4.90 Å². The smallest absolute Gasteiger partial charge is 0.0993 e. The molecule has 1 aromatic carbocycles. The van der Waals surface area contributed by atoms with Crippen molar-refractivity contribution in [3.8, 4) is 0 Å². The van der Waals surface area contributed by atoms with E-state index in [9.17, 15) is 0 Å². The minimum atomic E-state index is 0.414. The molecule has 0 saturated carbocycles. The van der Waals surface area contributed by atoms with Crippen molar-refractivity contribution in [2.75, 3.05) is 13.8 Å². The van der Waals surface area contributed by atoms with Gasteiger partial charge in [0.05, 0.1) is 12.8 Å². The first-order valence-corrected chi connectivity index (χ1v) is 6.11. The minimum Gasteiger partial charge on any atom is -0.363 e. The molecule has 0 radical (unpaired) electrons. The third-order valence-corrected chi connectivity index (χ3v) is 3.40.